The Morgan fingerprint density at radius 1 is 0.793 bits per heavy atom. The van der Waals surface area contributed by atoms with Gasteiger partial charge in [0.1, 0.15) is 23.3 Å². The minimum atomic E-state index is -5.01. The molecule has 0 unspecified atom stereocenters. The largest absolute Gasteiger partial charge is 0.573 e. The fourth-order valence-corrected chi connectivity index (χ4v) is 2.48. The van der Waals surface area contributed by atoms with E-state index in [0.717, 1.165) is 24.3 Å². The maximum atomic E-state index is 12.7. The number of halogens is 6. The first-order valence-corrected chi connectivity index (χ1v) is 7.62. The summed E-state index contributed by atoms with van der Waals surface area (Å²) in [5, 5.41) is 18.5. The molecule has 0 aliphatic heterocycles. The van der Waals surface area contributed by atoms with Crippen molar-refractivity contribution in [3.63, 3.8) is 0 Å². The number of ether oxygens (including phenoxy) is 2. The van der Waals surface area contributed by atoms with E-state index in [4.69, 9.17) is 5.26 Å². The molecular weight excluding hydrogens is 406 g/mol. The predicted molar refractivity (Wildman–Crippen MR) is 85.3 cm³/mol. The highest BCUT2D eigenvalue weighted by atomic mass is 19.4. The predicted octanol–water partition coefficient (Wildman–Crippen LogP) is 4.81. The van der Waals surface area contributed by atoms with Gasteiger partial charge >= 0.3 is 12.7 Å². The third-order valence-corrected chi connectivity index (χ3v) is 3.47. The van der Waals surface area contributed by atoms with E-state index >= 15 is 0 Å². The summed E-state index contributed by atoms with van der Waals surface area (Å²) < 4.78 is 83.2. The number of nitriles is 1. The van der Waals surface area contributed by atoms with Crippen LogP contribution >= 0.6 is 0 Å². The van der Waals surface area contributed by atoms with Crippen LogP contribution in [0.5, 0.6) is 11.5 Å². The zero-order valence-electron chi connectivity index (χ0n) is 14.0. The molecule has 0 saturated heterocycles. The van der Waals surface area contributed by atoms with Crippen LogP contribution in [0.3, 0.4) is 0 Å². The van der Waals surface area contributed by atoms with Crippen LogP contribution in [0.15, 0.2) is 42.5 Å². The van der Waals surface area contributed by atoms with Crippen molar-refractivity contribution < 1.29 is 35.8 Å². The molecule has 0 fully saturated rings. The molecule has 0 amide bonds. The quantitative estimate of drug-likeness (QED) is 0.620. The van der Waals surface area contributed by atoms with E-state index in [1.54, 1.807) is 6.07 Å². The molecule has 6 nitrogen and oxygen atoms in total. The Morgan fingerprint density at radius 2 is 1.41 bits per heavy atom. The second-order valence-corrected chi connectivity index (χ2v) is 5.50. The average Bonchev–Trinajstić information content (AvgIpc) is 3.07. The Morgan fingerprint density at radius 3 is 2.07 bits per heavy atom. The van der Waals surface area contributed by atoms with Gasteiger partial charge in [-0.3, -0.25) is 0 Å². The maximum Gasteiger partial charge on any atom is 0.573 e. The molecule has 2 aromatic carbocycles. The van der Waals surface area contributed by atoms with Crippen molar-refractivity contribution >= 4 is 0 Å². The molecule has 0 atom stereocenters. The SMILES string of the molecule is N#Cc1n[nH]nc1-c1cc(OC(F)(F)F)cc(-c2cccc(OC(F)(F)F)c2)c1. The van der Waals surface area contributed by atoms with Gasteiger partial charge in [-0.25, -0.2) is 0 Å². The Balaban J connectivity index is 2.11. The number of H-pyrrole nitrogens is 1. The Kier molecular flexibility index (Phi) is 5.06. The third-order valence-electron chi connectivity index (χ3n) is 3.47. The first kappa shape index (κ1) is 20.0. The number of nitrogens with one attached hydrogen (secondary N) is 1. The summed E-state index contributed by atoms with van der Waals surface area (Å²) in [6, 6.07) is 9.66. The maximum absolute atomic E-state index is 12.7. The molecule has 3 aromatic rings. The fourth-order valence-electron chi connectivity index (χ4n) is 2.48. The molecule has 1 N–H and O–H groups in total. The summed E-state index contributed by atoms with van der Waals surface area (Å²) in [6.45, 7) is 0. The van der Waals surface area contributed by atoms with Gasteiger partial charge in [-0.1, -0.05) is 12.1 Å². The number of alkyl halides is 6. The number of aromatic nitrogens is 3. The van der Waals surface area contributed by atoms with Crippen molar-refractivity contribution in [3.05, 3.63) is 48.2 Å². The molecule has 29 heavy (non-hydrogen) atoms. The van der Waals surface area contributed by atoms with Gasteiger partial charge < -0.3 is 9.47 Å². The van der Waals surface area contributed by atoms with Crippen molar-refractivity contribution in [1.82, 2.24) is 15.4 Å². The molecule has 1 aromatic heterocycles. The minimum Gasteiger partial charge on any atom is -0.406 e. The zero-order chi connectivity index (χ0) is 21.2. The lowest BCUT2D eigenvalue weighted by Gasteiger charge is -2.13. The van der Waals surface area contributed by atoms with Gasteiger partial charge in [0.25, 0.3) is 0 Å². The van der Waals surface area contributed by atoms with Crippen LogP contribution in [0.25, 0.3) is 22.4 Å². The number of benzene rings is 2. The lowest BCUT2D eigenvalue weighted by Crippen LogP contribution is -2.17. The zero-order valence-corrected chi connectivity index (χ0v) is 14.0. The average molecular weight is 414 g/mol. The molecule has 150 valence electrons. The van der Waals surface area contributed by atoms with E-state index in [2.05, 4.69) is 24.9 Å². The molecule has 3 rings (SSSR count). The van der Waals surface area contributed by atoms with Gasteiger partial charge in [0.05, 0.1) is 0 Å². The molecule has 12 heteroatoms. The van der Waals surface area contributed by atoms with Crippen LogP contribution in [0.1, 0.15) is 5.69 Å². The van der Waals surface area contributed by atoms with Crippen LogP contribution in [0, 0.1) is 11.3 Å². The van der Waals surface area contributed by atoms with Crippen LogP contribution in [-0.2, 0) is 0 Å². The van der Waals surface area contributed by atoms with Crippen molar-refractivity contribution in [1.29, 1.82) is 5.26 Å². The van der Waals surface area contributed by atoms with Gasteiger partial charge in [-0.15, -0.1) is 31.4 Å². The molecule has 0 bridgehead atoms. The topological polar surface area (TPSA) is 83.8 Å². The van der Waals surface area contributed by atoms with Crippen molar-refractivity contribution in [2.24, 2.45) is 0 Å². The Labute approximate surface area is 158 Å². The summed E-state index contributed by atoms with van der Waals surface area (Å²) in [7, 11) is 0. The van der Waals surface area contributed by atoms with E-state index in [-0.39, 0.29) is 28.1 Å². The minimum absolute atomic E-state index is 0.0363. The standard InChI is InChI=1S/C17H8F6N4O2/c18-16(19,20)28-12-3-1-2-9(5-12)10-4-11(15-14(8-24)25-27-26-15)7-13(6-10)29-17(21,22)23/h1-7H,(H,25,26,27). The van der Waals surface area contributed by atoms with E-state index in [0.29, 0.717) is 0 Å². The second-order valence-electron chi connectivity index (χ2n) is 5.50. The number of rotatable bonds is 4. The number of aromatic amines is 1. The molecule has 0 spiro atoms. The van der Waals surface area contributed by atoms with Gasteiger partial charge in [0, 0.05) is 5.56 Å². The number of nitrogens with zero attached hydrogens (tertiary/aromatic N) is 3. The Bertz CT molecular complexity index is 1070. The van der Waals surface area contributed by atoms with Crippen LogP contribution in [0.4, 0.5) is 26.3 Å². The van der Waals surface area contributed by atoms with E-state index < -0.39 is 24.2 Å². The summed E-state index contributed by atoms with van der Waals surface area (Å²) in [4.78, 5) is 0. The summed E-state index contributed by atoms with van der Waals surface area (Å²) in [5.74, 6) is -1.21. The first-order chi connectivity index (χ1) is 13.5. The smallest absolute Gasteiger partial charge is 0.406 e. The van der Waals surface area contributed by atoms with Crippen LogP contribution in [0.2, 0.25) is 0 Å². The highest BCUT2D eigenvalue weighted by molar-refractivity contribution is 5.76. The van der Waals surface area contributed by atoms with Crippen molar-refractivity contribution in [2.45, 2.75) is 12.7 Å². The van der Waals surface area contributed by atoms with Gasteiger partial charge in [0.15, 0.2) is 5.69 Å². The van der Waals surface area contributed by atoms with Crippen LogP contribution in [-0.4, -0.2) is 28.1 Å². The van der Waals surface area contributed by atoms with Gasteiger partial charge in [0.2, 0.25) is 0 Å². The van der Waals surface area contributed by atoms with Crippen molar-refractivity contribution in [3.8, 4) is 40.0 Å². The van der Waals surface area contributed by atoms with E-state index in [1.807, 2.05) is 0 Å². The van der Waals surface area contributed by atoms with E-state index in [1.165, 1.54) is 18.2 Å². The highest BCUT2D eigenvalue weighted by Gasteiger charge is 2.32. The summed E-state index contributed by atoms with van der Waals surface area (Å²) in [5.41, 5.74) is -0.0172. The molecule has 0 radical (unpaired) electrons. The number of hydrogen-bond acceptors (Lipinski definition) is 5. The lowest BCUT2D eigenvalue weighted by molar-refractivity contribution is -0.275. The monoisotopic (exact) mass is 414 g/mol. The molecule has 0 aliphatic rings. The highest BCUT2D eigenvalue weighted by Crippen LogP contribution is 2.35. The summed E-state index contributed by atoms with van der Waals surface area (Å²) in [6.07, 6.45) is -9.95. The number of hydrogen-bond donors (Lipinski definition) is 1. The van der Waals surface area contributed by atoms with E-state index in [9.17, 15) is 26.3 Å². The summed E-state index contributed by atoms with van der Waals surface area (Å²) >= 11 is 0. The lowest BCUT2D eigenvalue weighted by atomic mass is 10.0. The van der Waals surface area contributed by atoms with Gasteiger partial charge in [-0.05, 0) is 41.5 Å². The van der Waals surface area contributed by atoms with Crippen LogP contribution < -0.4 is 9.47 Å². The molecular formula is C17H8F6N4O2. The Hall–Kier alpha value is -3.75. The fraction of sp³-hybridized carbons (Fsp3) is 0.118. The van der Waals surface area contributed by atoms with Gasteiger partial charge in [-0.2, -0.15) is 15.6 Å². The molecule has 1 heterocycles. The third kappa shape index (κ3) is 5.16. The second kappa shape index (κ2) is 7.34. The normalized spacial score (nSPS) is 11.8. The first-order valence-electron chi connectivity index (χ1n) is 7.62. The molecule has 0 aliphatic carbocycles. The molecule has 0 saturated carbocycles. The van der Waals surface area contributed by atoms with Crippen molar-refractivity contribution in [2.75, 3.05) is 0 Å².